The van der Waals surface area contributed by atoms with Gasteiger partial charge in [-0.15, -0.1) is 0 Å². The van der Waals surface area contributed by atoms with Crippen molar-refractivity contribution in [1.29, 1.82) is 0 Å². The molecule has 0 aliphatic carbocycles. The van der Waals surface area contributed by atoms with Gasteiger partial charge < -0.3 is 10.1 Å². The first-order valence-electron chi connectivity index (χ1n) is 6.39. The van der Waals surface area contributed by atoms with Crippen molar-refractivity contribution in [3.05, 3.63) is 65.2 Å². The van der Waals surface area contributed by atoms with Gasteiger partial charge in [-0.2, -0.15) is 0 Å². The van der Waals surface area contributed by atoms with Gasteiger partial charge in [0, 0.05) is 11.6 Å². The summed E-state index contributed by atoms with van der Waals surface area (Å²) in [7, 11) is 0. The lowest BCUT2D eigenvalue weighted by molar-refractivity contribution is -0.127. The Hall–Kier alpha value is -2.00. The highest BCUT2D eigenvalue weighted by molar-refractivity contribution is 6.30. The van der Waals surface area contributed by atoms with Crippen LogP contribution in [0.4, 0.5) is 0 Å². The Morgan fingerprint density at radius 3 is 2.45 bits per heavy atom. The molecule has 0 saturated heterocycles. The van der Waals surface area contributed by atoms with Gasteiger partial charge in [0.15, 0.2) is 6.10 Å². The van der Waals surface area contributed by atoms with E-state index in [1.807, 2.05) is 42.5 Å². The number of carbonyl (C=O) groups excluding carboxylic acids is 1. The van der Waals surface area contributed by atoms with E-state index in [0.717, 1.165) is 5.56 Å². The second-order valence-electron chi connectivity index (χ2n) is 4.42. The fraction of sp³-hybridized carbons (Fsp3) is 0.188. The zero-order valence-corrected chi connectivity index (χ0v) is 11.9. The summed E-state index contributed by atoms with van der Waals surface area (Å²) in [6.45, 7) is 2.18. The van der Waals surface area contributed by atoms with Crippen LogP contribution in [0.25, 0.3) is 0 Å². The van der Waals surface area contributed by atoms with Gasteiger partial charge in [-0.1, -0.05) is 41.9 Å². The summed E-state index contributed by atoms with van der Waals surface area (Å²) in [5.74, 6) is 0.533. The second-order valence-corrected chi connectivity index (χ2v) is 4.85. The molecule has 0 fully saturated rings. The van der Waals surface area contributed by atoms with Crippen LogP contribution in [0.15, 0.2) is 54.6 Å². The molecule has 2 aromatic rings. The van der Waals surface area contributed by atoms with E-state index in [4.69, 9.17) is 16.3 Å². The van der Waals surface area contributed by atoms with Crippen LogP contribution < -0.4 is 10.1 Å². The molecule has 20 heavy (non-hydrogen) atoms. The summed E-state index contributed by atoms with van der Waals surface area (Å²) in [5.41, 5.74) is 0.995. The van der Waals surface area contributed by atoms with Gasteiger partial charge in [0.2, 0.25) is 0 Å². The summed E-state index contributed by atoms with van der Waals surface area (Å²) in [4.78, 5) is 11.9. The Labute approximate surface area is 123 Å². The molecule has 2 aromatic carbocycles. The maximum Gasteiger partial charge on any atom is 0.261 e. The first kappa shape index (κ1) is 14.4. The zero-order valence-electron chi connectivity index (χ0n) is 11.2. The summed E-state index contributed by atoms with van der Waals surface area (Å²) in [5, 5.41) is 3.51. The number of para-hydroxylation sites is 1. The van der Waals surface area contributed by atoms with Gasteiger partial charge >= 0.3 is 0 Å². The van der Waals surface area contributed by atoms with E-state index in [0.29, 0.717) is 17.3 Å². The molecule has 0 aliphatic heterocycles. The highest BCUT2D eigenvalue weighted by atomic mass is 35.5. The van der Waals surface area contributed by atoms with Crippen LogP contribution in [0.2, 0.25) is 5.02 Å². The quantitative estimate of drug-likeness (QED) is 0.916. The summed E-state index contributed by atoms with van der Waals surface area (Å²) < 4.78 is 5.55. The Bertz CT molecular complexity index is 554. The number of ether oxygens (including phenoxy) is 1. The van der Waals surface area contributed by atoms with E-state index in [-0.39, 0.29) is 5.91 Å². The molecule has 0 saturated carbocycles. The van der Waals surface area contributed by atoms with Crippen LogP contribution in [-0.4, -0.2) is 12.0 Å². The average molecular weight is 290 g/mol. The maximum absolute atomic E-state index is 11.9. The number of carbonyl (C=O) groups is 1. The van der Waals surface area contributed by atoms with Gasteiger partial charge in [-0.05, 0) is 36.8 Å². The molecule has 0 heterocycles. The highest BCUT2D eigenvalue weighted by Crippen LogP contribution is 2.11. The Morgan fingerprint density at radius 2 is 1.80 bits per heavy atom. The lowest BCUT2D eigenvalue weighted by atomic mass is 10.2. The Morgan fingerprint density at radius 1 is 1.15 bits per heavy atom. The molecule has 1 amide bonds. The molecule has 0 aliphatic rings. The lowest BCUT2D eigenvalue weighted by Crippen LogP contribution is -2.35. The molecule has 0 aromatic heterocycles. The normalized spacial score (nSPS) is 11.7. The summed E-state index contributed by atoms with van der Waals surface area (Å²) in [6, 6.07) is 16.6. The standard InChI is InChI=1S/C16H16ClNO2/c1-12(20-15-5-3-2-4-6-15)16(19)18-11-13-7-9-14(17)10-8-13/h2-10,12H,11H2,1H3,(H,18,19)/t12-/m1/s1. The Kier molecular flexibility index (Phi) is 5.02. The number of amides is 1. The predicted molar refractivity (Wildman–Crippen MR) is 79.8 cm³/mol. The first-order valence-corrected chi connectivity index (χ1v) is 6.77. The minimum Gasteiger partial charge on any atom is -0.481 e. The van der Waals surface area contributed by atoms with E-state index in [2.05, 4.69) is 5.32 Å². The van der Waals surface area contributed by atoms with Crippen molar-refractivity contribution in [2.75, 3.05) is 0 Å². The van der Waals surface area contributed by atoms with Crippen LogP contribution in [0.5, 0.6) is 5.75 Å². The van der Waals surface area contributed by atoms with Crippen LogP contribution in [-0.2, 0) is 11.3 Å². The van der Waals surface area contributed by atoms with Crippen LogP contribution in [0, 0.1) is 0 Å². The van der Waals surface area contributed by atoms with Crippen molar-refractivity contribution in [3.8, 4) is 5.75 Å². The summed E-state index contributed by atoms with van der Waals surface area (Å²) in [6.07, 6.45) is -0.537. The molecule has 3 nitrogen and oxygen atoms in total. The topological polar surface area (TPSA) is 38.3 Å². The van der Waals surface area contributed by atoms with E-state index in [1.165, 1.54) is 0 Å². The van der Waals surface area contributed by atoms with Gasteiger partial charge in [0.1, 0.15) is 5.75 Å². The van der Waals surface area contributed by atoms with E-state index < -0.39 is 6.10 Å². The summed E-state index contributed by atoms with van der Waals surface area (Å²) >= 11 is 5.81. The van der Waals surface area contributed by atoms with Gasteiger partial charge in [-0.25, -0.2) is 0 Å². The molecule has 0 spiro atoms. The number of benzene rings is 2. The maximum atomic E-state index is 11.9. The van der Waals surface area contributed by atoms with Crippen molar-refractivity contribution < 1.29 is 9.53 Å². The molecule has 2 rings (SSSR count). The van der Waals surface area contributed by atoms with Gasteiger partial charge in [-0.3, -0.25) is 4.79 Å². The second kappa shape index (κ2) is 6.96. The highest BCUT2D eigenvalue weighted by Gasteiger charge is 2.13. The molecule has 0 radical (unpaired) electrons. The zero-order chi connectivity index (χ0) is 14.4. The molecule has 1 N–H and O–H groups in total. The number of hydrogen-bond donors (Lipinski definition) is 1. The molecule has 0 unspecified atom stereocenters. The third kappa shape index (κ3) is 4.28. The molecule has 0 bridgehead atoms. The van der Waals surface area contributed by atoms with Crippen molar-refractivity contribution in [1.82, 2.24) is 5.32 Å². The molecular formula is C16H16ClNO2. The SMILES string of the molecule is C[C@@H](Oc1ccccc1)C(=O)NCc1ccc(Cl)cc1. The fourth-order valence-corrected chi connectivity index (χ4v) is 1.82. The van der Waals surface area contributed by atoms with E-state index in [9.17, 15) is 4.79 Å². The van der Waals surface area contributed by atoms with Crippen LogP contribution in [0.3, 0.4) is 0 Å². The number of nitrogens with one attached hydrogen (secondary N) is 1. The average Bonchev–Trinajstić information content (AvgIpc) is 2.47. The number of rotatable bonds is 5. The first-order chi connectivity index (χ1) is 9.65. The minimum atomic E-state index is -0.537. The smallest absolute Gasteiger partial charge is 0.261 e. The number of hydrogen-bond acceptors (Lipinski definition) is 2. The van der Waals surface area contributed by atoms with E-state index >= 15 is 0 Å². The van der Waals surface area contributed by atoms with Crippen molar-refractivity contribution in [2.45, 2.75) is 19.6 Å². The van der Waals surface area contributed by atoms with Crippen molar-refractivity contribution in [2.24, 2.45) is 0 Å². The van der Waals surface area contributed by atoms with Gasteiger partial charge in [0.25, 0.3) is 5.91 Å². The predicted octanol–water partition coefficient (Wildman–Crippen LogP) is 3.42. The molecule has 4 heteroatoms. The molecule has 104 valence electrons. The number of halogens is 1. The monoisotopic (exact) mass is 289 g/mol. The third-order valence-electron chi connectivity index (χ3n) is 2.81. The Balaban J connectivity index is 1.83. The van der Waals surface area contributed by atoms with Crippen LogP contribution >= 0.6 is 11.6 Å². The van der Waals surface area contributed by atoms with Crippen LogP contribution in [0.1, 0.15) is 12.5 Å². The largest absolute Gasteiger partial charge is 0.481 e. The fourth-order valence-electron chi connectivity index (χ4n) is 1.69. The molecular weight excluding hydrogens is 274 g/mol. The third-order valence-corrected chi connectivity index (χ3v) is 3.06. The van der Waals surface area contributed by atoms with Gasteiger partial charge in [0.05, 0.1) is 0 Å². The lowest BCUT2D eigenvalue weighted by Gasteiger charge is -2.14. The minimum absolute atomic E-state index is 0.149. The van der Waals surface area contributed by atoms with E-state index in [1.54, 1.807) is 19.1 Å². The molecule has 1 atom stereocenters. The van der Waals surface area contributed by atoms with Crippen molar-refractivity contribution >= 4 is 17.5 Å². The van der Waals surface area contributed by atoms with Crippen molar-refractivity contribution in [3.63, 3.8) is 0 Å².